The van der Waals surface area contributed by atoms with Crippen molar-refractivity contribution in [3.8, 4) is 0 Å². The van der Waals surface area contributed by atoms with Crippen LogP contribution in [0.5, 0.6) is 0 Å². The Kier molecular flexibility index (Phi) is 5.42. The van der Waals surface area contributed by atoms with Gasteiger partial charge in [0.15, 0.2) is 0 Å². The smallest absolute Gasteiger partial charge is 0.254 e. The molecule has 1 aromatic heterocycles. The van der Waals surface area contributed by atoms with Gasteiger partial charge in [-0.15, -0.1) is 0 Å². The van der Waals surface area contributed by atoms with Crippen molar-refractivity contribution in [3.63, 3.8) is 0 Å². The van der Waals surface area contributed by atoms with E-state index >= 15 is 0 Å². The van der Waals surface area contributed by atoms with Gasteiger partial charge in [-0.05, 0) is 25.5 Å². The van der Waals surface area contributed by atoms with E-state index in [1.54, 1.807) is 18.3 Å². The highest BCUT2D eigenvalue weighted by Gasteiger charge is 2.13. The number of hydrazine groups is 1. The number of nitrogens with zero attached hydrogens (tertiary/aromatic N) is 2. The van der Waals surface area contributed by atoms with Crippen molar-refractivity contribution >= 4 is 11.7 Å². The first-order chi connectivity index (χ1) is 8.22. The average Bonchev–Trinajstić information content (AvgIpc) is 2.39. The lowest BCUT2D eigenvalue weighted by Gasteiger charge is -2.20. The SMILES string of the molecule is CCCCN(CC)C(=O)c1ccnc(NN)c1. The normalized spacial score (nSPS) is 10.1. The molecule has 0 aliphatic rings. The Morgan fingerprint density at radius 1 is 1.53 bits per heavy atom. The summed E-state index contributed by atoms with van der Waals surface area (Å²) >= 11 is 0. The van der Waals surface area contributed by atoms with Gasteiger partial charge in [0.05, 0.1) is 0 Å². The third kappa shape index (κ3) is 3.71. The second-order valence-electron chi connectivity index (χ2n) is 3.81. The van der Waals surface area contributed by atoms with E-state index in [0.29, 0.717) is 17.9 Å². The Morgan fingerprint density at radius 3 is 2.88 bits per heavy atom. The van der Waals surface area contributed by atoms with Crippen LogP contribution in [0.15, 0.2) is 18.3 Å². The summed E-state index contributed by atoms with van der Waals surface area (Å²) in [6, 6.07) is 3.37. The molecule has 0 spiro atoms. The minimum atomic E-state index is 0.0276. The molecule has 0 bridgehead atoms. The topological polar surface area (TPSA) is 71.2 Å². The van der Waals surface area contributed by atoms with Crippen LogP contribution in [0.3, 0.4) is 0 Å². The number of carbonyl (C=O) groups is 1. The molecule has 1 amide bonds. The van der Waals surface area contributed by atoms with Crippen molar-refractivity contribution in [2.24, 2.45) is 5.84 Å². The molecule has 0 fully saturated rings. The van der Waals surface area contributed by atoms with Crippen LogP contribution in [0.2, 0.25) is 0 Å². The summed E-state index contributed by atoms with van der Waals surface area (Å²) in [6.07, 6.45) is 3.68. The van der Waals surface area contributed by atoms with Crippen LogP contribution in [-0.2, 0) is 0 Å². The highest BCUT2D eigenvalue weighted by Crippen LogP contribution is 2.09. The molecule has 5 heteroatoms. The van der Waals surface area contributed by atoms with Gasteiger partial charge in [-0.25, -0.2) is 10.8 Å². The maximum Gasteiger partial charge on any atom is 0.254 e. The van der Waals surface area contributed by atoms with Crippen LogP contribution in [0, 0.1) is 0 Å². The molecule has 0 unspecified atom stereocenters. The molecule has 1 aromatic rings. The molecule has 0 atom stereocenters. The van der Waals surface area contributed by atoms with E-state index in [1.165, 1.54) is 0 Å². The number of hydrogen-bond donors (Lipinski definition) is 2. The predicted molar refractivity (Wildman–Crippen MR) is 68.5 cm³/mol. The summed E-state index contributed by atoms with van der Waals surface area (Å²) in [6.45, 7) is 5.60. The van der Waals surface area contributed by atoms with Crippen LogP contribution in [0.1, 0.15) is 37.0 Å². The van der Waals surface area contributed by atoms with E-state index in [0.717, 1.165) is 19.4 Å². The molecule has 1 rings (SSSR count). The zero-order chi connectivity index (χ0) is 12.7. The first-order valence-corrected chi connectivity index (χ1v) is 5.94. The average molecular weight is 236 g/mol. The fourth-order valence-electron chi connectivity index (χ4n) is 1.58. The van der Waals surface area contributed by atoms with Crippen molar-refractivity contribution in [1.29, 1.82) is 0 Å². The van der Waals surface area contributed by atoms with E-state index in [1.807, 2.05) is 11.8 Å². The van der Waals surface area contributed by atoms with Crippen LogP contribution in [-0.4, -0.2) is 28.9 Å². The zero-order valence-corrected chi connectivity index (χ0v) is 10.4. The minimum absolute atomic E-state index is 0.0276. The quantitative estimate of drug-likeness (QED) is 0.581. The lowest BCUT2D eigenvalue weighted by molar-refractivity contribution is 0.0762. The number of hydrogen-bond acceptors (Lipinski definition) is 4. The maximum atomic E-state index is 12.2. The number of nitrogens with two attached hydrogens (primary N) is 1. The van der Waals surface area contributed by atoms with Gasteiger partial charge in [0.2, 0.25) is 0 Å². The molecule has 0 aromatic carbocycles. The van der Waals surface area contributed by atoms with Crippen LogP contribution in [0.4, 0.5) is 5.82 Å². The molecular weight excluding hydrogens is 216 g/mol. The number of carbonyl (C=O) groups excluding carboxylic acids is 1. The third-order valence-corrected chi connectivity index (χ3v) is 2.61. The summed E-state index contributed by atoms with van der Waals surface area (Å²) in [4.78, 5) is 18.0. The Hall–Kier alpha value is -1.62. The standard InChI is InChI=1S/C12H20N4O/c1-3-5-8-16(4-2)12(17)10-6-7-14-11(9-10)15-13/h6-7,9H,3-5,8,13H2,1-2H3,(H,14,15). The first kappa shape index (κ1) is 13.4. The fraction of sp³-hybridized carbons (Fsp3) is 0.500. The van der Waals surface area contributed by atoms with Gasteiger partial charge >= 0.3 is 0 Å². The molecule has 0 aliphatic carbocycles. The lowest BCUT2D eigenvalue weighted by atomic mass is 10.2. The van der Waals surface area contributed by atoms with E-state index < -0.39 is 0 Å². The van der Waals surface area contributed by atoms with Crippen molar-refractivity contribution in [3.05, 3.63) is 23.9 Å². The molecule has 0 aliphatic heterocycles. The second kappa shape index (κ2) is 6.85. The molecule has 94 valence electrons. The number of unbranched alkanes of at least 4 members (excludes halogenated alkanes) is 1. The van der Waals surface area contributed by atoms with Crippen LogP contribution < -0.4 is 11.3 Å². The molecule has 0 saturated heterocycles. The Labute approximate surface area is 102 Å². The summed E-state index contributed by atoms with van der Waals surface area (Å²) in [7, 11) is 0. The van der Waals surface area contributed by atoms with Gasteiger partial charge in [-0.1, -0.05) is 13.3 Å². The molecule has 17 heavy (non-hydrogen) atoms. The van der Waals surface area contributed by atoms with Crippen molar-refractivity contribution in [1.82, 2.24) is 9.88 Å². The van der Waals surface area contributed by atoms with Crippen molar-refractivity contribution in [2.75, 3.05) is 18.5 Å². The summed E-state index contributed by atoms with van der Waals surface area (Å²) in [5.74, 6) is 5.80. The predicted octanol–water partition coefficient (Wildman–Crippen LogP) is 1.63. The minimum Gasteiger partial charge on any atom is -0.339 e. The number of aromatic nitrogens is 1. The lowest BCUT2D eigenvalue weighted by Crippen LogP contribution is -2.31. The van der Waals surface area contributed by atoms with Gasteiger partial charge in [-0.3, -0.25) is 4.79 Å². The van der Waals surface area contributed by atoms with Crippen LogP contribution in [0.25, 0.3) is 0 Å². The van der Waals surface area contributed by atoms with Gasteiger partial charge in [0.25, 0.3) is 5.91 Å². The largest absolute Gasteiger partial charge is 0.339 e. The molecular formula is C12H20N4O. The number of pyridine rings is 1. The van der Waals surface area contributed by atoms with Gasteiger partial charge in [-0.2, -0.15) is 0 Å². The number of nitrogen functional groups attached to an aromatic ring is 1. The molecule has 3 N–H and O–H groups in total. The van der Waals surface area contributed by atoms with Crippen LogP contribution >= 0.6 is 0 Å². The molecule has 1 heterocycles. The van der Waals surface area contributed by atoms with Gasteiger partial charge in [0, 0.05) is 24.8 Å². The summed E-state index contributed by atoms with van der Waals surface area (Å²) < 4.78 is 0. The maximum absolute atomic E-state index is 12.2. The first-order valence-electron chi connectivity index (χ1n) is 5.94. The highest BCUT2D eigenvalue weighted by atomic mass is 16.2. The van der Waals surface area contributed by atoms with E-state index in [4.69, 9.17) is 5.84 Å². The number of anilines is 1. The Morgan fingerprint density at radius 2 is 2.29 bits per heavy atom. The number of amides is 1. The van der Waals surface area contributed by atoms with E-state index in [2.05, 4.69) is 17.3 Å². The fourth-order valence-corrected chi connectivity index (χ4v) is 1.58. The van der Waals surface area contributed by atoms with E-state index in [9.17, 15) is 4.79 Å². The Bertz CT molecular complexity index is 367. The second-order valence-corrected chi connectivity index (χ2v) is 3.81. The third-order valence-electron chi connectivity index (χ3n) is 2.61. The number of nitrogens with one attached hydrogen (secondary N) is 1. The van der Waals surface area contributed by atoms with Gasteiger partial charge < -0.3 is 10.3 Å². The highest BCUT2D eigenvalue weighted by molar-refractivity contribution is 5.94. The zero-order valence-electron chi connectivity index (χ0n) is 10.4. The van der Waals surface area contributed by atoms with Crippen molar-refractivity contribution < 1.29 is 4.79 Å². The summed E-state index contributed by atoms with van der Waals surface area (Å²) in [5.41, 5.74) is 3.06. The molecule has 5 nitrogen and oxygen atoms in total. The number of rotatable bonds is 6. The van der Waals surface area contributed by atoms with Gasteiger partial charge in [0.1, 0.15) is 5.82 Å². The van der Waals surface area contributed by atoms with E-state index in [-0.39, 0.29) is 5.91 Å². The Balaban J connectivity index is 2.78. The summed E-state index contributed by atoms with van der Waals surface area (Å²) in [5, 5.41) is 0. The monoisotopic (exact) mass is 236 g/mol. The van der Waals surface area contributed by atoms with Crippen molar-refractivity contribution in [2.45, 2.75) is 26.7 Å². The molecule has 0 saturated carbocycles. The molecule has 0 radical (unpaired) electrons.